The van der Waals surface area contributed by atoms with E-state index >= 15 is 0 Å². The molecule has 8 heteroatoms. The normalized spacial score (nSPS) is 11.6. The largest absolute Gasteiger partial charge is 0.289 e. The number of nitro groups is 1. The summed E-state index contributed by atoms with van der Waals surface area (Å²) in [6.45, 7) is 3.88. The highest BCUT2D eigenvalue weighted by molar-refractivity contribution is 7.89. The van der Waals surface area contributed by atoms with Crippen molar-refractivity contribution in [3.63, 3.8) is 0 Å². The lowest BCUT2D eigenvalue weighted by molar-refractivity contribution is -0.384. The van der Waals surface area contributed by atoms with Gasteiger partial charge >= 0.3 is 0 Å². The zero-order valence-electron chi connectivity index (χ0n) is 11.3. The van der Waals surface area contributed by atoms with Gasteiger partial charge in [0, 0.05) is 12.6 Å². The fourth-order valence-corrected chi connectivity index (χ4v) is 3.34. The second kappa shape index (κ2) is 7.01. The molecule has 0 saturated heterocycles. The highest BCUT2D eigenvalue weighted by Gasteiger charge is 2.23. The number of sulfonamides is 1. The second-order valence-electron chi connectivity index (χ2n) is 4.43. The van der Waals surface area contributed by atoms with Crippen LogP contribution in [0, 0.1) is 17.0 Å². The molecule has 0 atom stereocenters. The van der Waals surface area contributed by atoms with E-state index in [1.807, 2.05) is 6.92 Å². The first kappa shape index (κ1) is 16.9. The molecule has 0 aromatic heterocycles. The Bertz CT molecular complexity index is 602. The van der Waals surface area contributed by atoms with Crippen molar-refractivity contribution in [3.05, 3.63) is 32.8 Å². The van der Waals surface area contributed by atoms with E-state index in [-0.39, 0.29) is 9.92 Å². The van der Waals surface area contributed by atoms with Gasteiger partial charge in [-0.05, 0) is 25.0 Å². The van der Waals surface area contributed by atoms with Gasteiger partial charge in [0.25, 0.3) is 5.69 Å². The predicted molar refractivity (Wildman–Crippen MR) is 77.6 cm³/mol. The first-order chi connectivity index (χ1) is 9.29. The van der Waals surface area contributed by atoms with Gasteiger partial charge in [-0.3, -0.25) is 10.1 Å². The summed E-state index contributed by atoms with van der Waals surface area (Å²) < 4.78 is 26.7. The molecule has 0 bridgehead atoms. The molecule has 20 heavy (non-hydrogen) atoms. The van der Waals surface area contributed by atoms with Crippen LogP contribution in [0.15, 0.2) is 17.0 Å². The Labute approximate surface area is 123 Å². The number of nitrogens with one attached hydrogen (secondary N) is 1. The van der Waals surface area contributed by atoms with E-state index < -0.39 is 20.6 Å². The Morgan fingerprint density at radius 3 is 2.55 bits per heavy atom. The molecule has 0 aliphatic rings. The van der Waals surface area contributed by atoms with Gasteiger partial charge in [-0.25, -0.2) is 13.1 Å². The third-order valence-corrected chi connectivity index (χ3v) is 4.71. The number of rotatable bonds is 7. The van der Waals surface area contributed by atoms with E-state index in [9.17, 15) is 18.5 Å². The molecule has 112 valence electrons. The Hall–Kier alpha value is -1.18. The van der Waals surface area contributed by atoms with Crippen molar-refractivity contribution in [3.8, 4) is 0 Å². The van der Waals surface area contributed by atoms with E-state index in [0.29, 0.717) is 12.1 Å². The lowest BCUT2D eigenvalue weighted by Gasteiger charge is -2.09. The molecule has 1 aromatic rings. The summed E-state index contributed by atoms with van der Waals surface area (Å²) in [5.74, 6) is 0. The van der Waals surface area contributed by atoms with Gasteiger partial charge in [-0.1, -0.05) is 31.4 Å². The topological polar surface area (TPSA) is 89.3 Å². The van der Waals surface area contributed by atoms with Crippen LogP contribution in [0.25, 0.3) is 0 Å². The van der Waals surface area contributed by atoms with Crippen LogP contribution in [0.5, 0.6) is 0 Å². The van der Waals surface area contributed by atoms with Crippen LogP contribution < -0.4 is 4.72 Å². The highest BCUT2D eigenvalue weighted by Crippen LogP contribution is 2.29. The minimum absolute atomic E-state index is 0.0718. The molecule has 0 aliphatic heterocycles. The van der Waals surface area contributed by atoms with Gasteiger partial charge < -0.3 is 0 Å². The van der Waals surface area contributed by atoms with Crippen LogP contribution in [0.2, 0.25) is 5.02 Å². The maximum absolute atomic E-state index is 12.1. The van der Waals surface area contributed by atoms with Gasteiger partial charge in [0.05, 0.1) is 9.82 Å². The van der Waals surface area contributed by atoms with E-state index in [0.717, 1.165) is 25.3 Å². The second-order valence-corrected chi connectivity index (χ2v) is 6.57. The molecule has 0 unspecified atom stereocenters. The highest BCUT2D eigenvalue weighted by atomic mass is 35.5. The summed E-state index contributed by atoms with van der Waals surface area (Å²) in [5.41, 5.74) is -0.0326. The van der Waals surface area contributed by atoms with Crippen molar-refractivity contribution in [1.82, 2.24) is 4.72 Å². The number of benzene rings is 1. The third-order valence-electron chi connectivity index (χ3n) is 2.80. The fraction of sp³-hybridized carbons (Fsp3) is 0.500. The lowest BCUT2D eigenvalue weighted by Crippen LogP contribution is -2.25. The van der Waals surface area contributed by atoms with Gasteiger partial charge in [-0.2, -0.15) is 0 Å². The molecule has 1 aromatic carbocycles. The van der Waals surface area contributed by atoms with Crippen LogP contribution >= 0.6 is 11.6 Å². The van der Waals surface area contributed by atoms with Crippen molar-refractivity contribution in [2.24, 2.45) is 0 Å². The minimum atomic E-state index is -3.76. The number of hydrogen-bond acceptors (Lipinski definition) is 4. The van der Waals surface area contributed by atoms with Crippen molar-refractivity contribution in [2.75, 3.05) is 6.54 Å². The number of halogens is 1. The van der Waals surface area contributed by atoms with Gasteiger partial charge in [0.2, 0.25) is 10.0 Å². The maximum atomic E-state index is 12.1. The molecule has 0 saturated carbocycles. The molecule has 0 radical (unpaired) electrons. The predicted octanol–water partition coefficient (Wildman–Crippen LogP) is 3.03. The van der Waals surface area contributed by atoms with Gasteiger partial charge in [0.15, 0.2) is 0 Å². The molecular weight excluding hydrogens is 304 g/mol. The Morgan fingerprint density at radius 2 is 2.00 bits per heavy atom. The summed E-state index contributed by atoms with van der Waals surface area (Å²) in [6, 6.07) is 2.29. The van der Waals surface area contributed by atoms with E-state index in [1.54, 1.807) is 6.92 Å². The van der Waals surface area contributed by atoms with Gasteiger partial charge in [0.1, 0.15) is 5.02 Å². The summed E-state index contributed by atoms with van der Waals surface area (Å²) in [4.78, 5) is 10.0. The first-order valence-electron chi connectivity index (χ1n) is 6.23. The van der Waals surface area contributed by atoms with Crippen LogP contribution in [0.4, 0.5) is 5.69 Å². The standard InChI is InChI=1S/C12H17ClN2O4S/c1-3-4-5-6-14-20(18,19)12-8-11(15(16)17)10(13)7-9(12)2/h7-8,14H,3-6H2,1-2H3. The number of nitro benzene ring substituents is 1. The van der Waals surface area contributed by atoms with Crippen molar-refractivity contribution >= 4 is 27.3 Å². The molecule has 1 rings (SSSR count). The smallest absolute Gasteiger partial charge is 0.258 e. The van der Waals surface area contributed by atoms with Crippen LogP contribution in [0.1, 0.15) is 31.7 Å². The van der Waals surface area contributed by atoms with E-state index in [1.165, 1.54) is 6.07 Å². The average Bonchev–Trinajstić information content (AvgIpc) is 2.33. The maximum Gasteiger partial charge on any atom is 0.289 e. The van der Waals surface area contributed by atoms with Gasteiger partial charge in [-0.15, -0.1) is 0 Å². The van der Waals surface area contributed by atoms with Crippen molar-refractivity contribution < 1.29 is 13.3 Å². The Morgan fingerprint density at radius 1 is 1.35 bits per heavy atom. The number of hydrogen-bond donors (Lipinski definition) is 1. The Balaban J connectivity index is 3.05. The fourth-order valence-electron chi connectivity index (χ4n) is 1.73. The molecule has 6 nitrogen and oxygen atoms in total. The minimum Gasteiger partial charge on any atom is -0.258 e. The number of unbranched alkanes of at least 4 members (excludes halogenated alkanes) is 2. The summed E-state index contributed by atoms with van der Waals surface area (Å²) in [7, 11) is -3.76. The van der Waals surface area contributed by atoms with Crippen LogP contribution in [-0.2, 0) is 10.0 Å². The third kappa shape index (κ3) is 4.16. The molecule has 0 amide bonds. The zero-order chi connectivity index (χ0) is 15.3. The summed E-state index contributed by atoms with van der Waals surface area (Å²) in [6.07, 6.45) is 2.62. The number of nitrogens with zero attached hydrogens (tertiary/aromatic N) is 1. The Kier molecular flexibility index (Phi) is 5.91. The molecular formula is C12H17ClN2O4S. The monoisotopic (exact) mass is 320 g/mol. The van der Waals surface area contributed by atoms with E-state index in [2.05, 4.69) is 4.72 Å². The van der Waals surface area contributed by atoms with Crippen LogP contribution in [-0.4, -0.2) is 19.9 Å². The summed E-state index contributed by atoms with van der Waals surface area (Å²) >= 11 is 5.74. The average molecular weight is 321 g/mol. The molecule has 0 aliphatic carbocycles. The molecule has 0 fully saturated rings. The molecule has 0 spiro atoms. The molecule has 1 N–H and O–H groups in total. The summed E-state index contributed by atoms with van der Waals surface area (Å²) in [5, 5.41) is 10.7. The first-order valence-corrected chi connectivity index (χ1v) is 8.10. The van der Waals surface area contributed by atoms with E-state index in [4.69, 9.17) is 11.6 Å². The molecule has 0 heterocycles. The van der Waals surface area contributed by atoms with Crippen LogP contribution in [0.3, 0.4) is 0 Å². The SMILES string of the molecule is CCCCCNS(=O)(=O)c1cc([N+](=O)[O-])c(Cl)cc1C. The number of aryl methyl sites for hydroxylation is 1. The lowest BCUT2D eigenvalue weighted by atomic mass is 10.2. The van der Waals surface area contributed by atoms with Crippen molar-refractivity contribution in [1.29, 1.82) is 0 Å². The quantitative estimate of drug-likeness (QED) is 0.475. The van der Waals surface area contributed by atoms with Crippen molar-refractivity contribution in [2.45, 2.75) is 38.0 Å². The zero-order valence-corrected chi connectivity index (χ0v) is 12.9.